The van der Waals surface area contributed by atoms with Gasteiger partial charge in [0.25, 0.3) is 0 Å². The Morgan fingerprint density at radius 2 is 1.74 bits per heavy atom. The summed E-state index contributed by atoms with van der Waals surface area (Å²) in [6, 6.07) is 0. The number of hydrogen-bond acceptors (Lipinski definition) is 5. The van der Waals surface area contributed by atoms with E-state index in [9.17, 15) is 14.4 Å². The number of unbranched alkanes of at least 4 members (excludes halogenated alkanes) is 1. The van der Waals surface area contributed by atoms with Gasteiger partial charge in [0, 0.05) is 32.5 Å². The normalized spacial score (nSPS) is 9.47. The maximum absolute atomic E-state index is 11.4. The van der Waals surface area contributed by atoms with Gasteiger partial charge in [-0.2, -0.15) is 0 Å². The van der Waals surface area contributed by atoms with Gasteiger partial charge in [-0.1, -0.05) is 0 Å². The van der Waals surface area contributed by atoms with Crippen LogP contribution in [-0.4, -0.2) is 44.5 Å². The predicted octanol–water partition coefficient (Wildman–Crippen LogP) is 0.000400. The van der Waals surface area contributed by atoms with Crippen molar-refractivity contribution in [3.63, 3.8) is 0 Å². The van der Waals surface area contributed by atoms with Gasteiger partial charge in [-0.25, -0.2) is 0 Å². The minimum absolute atomic E-state index is 0.0418. The van der Waals surface area contributed by atoms with Crippen LogP contribution in [0.2, 0.25) is 0 Å². The molecule has 0 saturated heterocycles. The van der Waals surface area contributed by atoms with Gasteiger partial charge in [0.2, 0.25) is 11.8 Å². The molecule has 0 aromatic heterocycles. The van der Waals surface area contributed by atoms with Crippen molar-refractivity contribution in [2.24, 2.45) is 5.16 Å². The fraction of sp³-hybridized carbons (Fsp3) is 0.667. The van der Waals surface area contributed by atoms with E-state index in [-0.39, 0.29) is 18.4 Å². The lowest BCUT2D eigenvalue weighted by Crippen LogP contribution is -2.26. The van der Waals surface area contributed by atoms with Crippen molar-refractivity contribution in [2.75, 3.05) is 19.7 Å². The van der Waals surface area contributed by atoms with Gasteiger partial charge < -0.3 is 20.3 Å². The fourth-order valence-electron chi connectivity index (χ4n) is 1.33. The summed E-state index contributed by atoms with van der Waals surface area (Å²) in [7, 11) is 0. The molecule has 0 saturated carbocycles. The molecule has 7 nitrogen and oxygen atoms in total. The Morgan fingerprint density at radius 3 is 2.32 bits per heavy atom. The Kier molecular flexibility index (Phi) is 11.3. The zero-order valence-electron chi connectivity index (χ0n) is 11.0. The second-order valence-electron chi connectivity index (χ2n) is 3.84. The van der Waals surface area contributed by atoms with Crippen LogP contribution in [0.1, 0.15) is 32.1 Å². The lowest BCUT2D eigenvalue weighted by molar-refractivity contribution is -0.123. The molecule has 2 amide bonds. The summed E-state index contributed by atoms with van der Waals surface area (Å²) in [5.74, 6) is -0.207. The van der Waals surface area contributed by atoms with Crippen molar-refractivity contribution in [1.29, 1.82) is 0 Å². The topological polar surface area (TPSA) is 96.9 Å². The van der Waals surface area contributed by atoms with E-state index in [4.69, 9.17) is 0 Å². The van der Waals surface area contributed by atoms with E-state index in [1.807, 2.05) is 0 Å². The average molecular weight is 271 g/mol. The fourth-order valence-corrected chi connectivity index (χ4v) is 1.33. The molecule has 0 bridgehead atoms. The summed E-state index contributed by atoms with van der Waals surface area (Å²) in [4.78, 5) is 37.2. The van der Waals surface area contributed by atoms with E-state index in [0.29, 0.717) is 51.5 Å². The number of amides is 2. The number of aldehydes is 1. The highest BCUT2D eigenvalue weighted by Gasteiger charge is 2.03. The maximum Gasteiger partial charge on any atom is 0.220 e. The summed E-state index contributed by atoms with van der Waals surface area (Å²) < 4.78 is 0. The standard InChI is InChI=1S/C12H21N3O4/c1-13-19-10-4-7-14-11(17)5-2-3-6-12(18)15-8-9-16/h9H,1-8,10H2,(H,14,17)(H,15,18). The molecule has 0 aromatic carbocycles. The van der Waals surface area contributed by atoms with Crippen LogP contribution in [0.15, 0.2) is 5.16 Å². The van der Waals surface area contributed by atoms with Gasteiger partial charge in [0.1, 0.15) is 12.9 Å². The highest BCUT2D eigenvalue weighted by molar-refractivity contribution is 5.78. The zero-order chi connectivity index (χ0) is 14.3. The summed E-state index contributed by atoms with van der Waals surface area (Å²) in [5, 5.41) is 8.40. The number of rotatable bonds is 12. The molecule has 2 N–H and O–H groups in total. The number of hydrogen-bond donors (Lipinski definition) is 2. The molecule has 0 heterocycles. The van der Waals surface area contributed by atoms with Gasteiger partial charge in [-0.05, 0) is 12.8 Å². The van der Waals surface area contributed by atoms with Gasteiger partial charge >= 0.3 is 0 Å². The lowest BCUT2D eigenvalue weighted by atomic mass is 10.2. The molecule has 0 aliphatic heterocycles. The van der Waals surface area contributed by atoms with Crippen molar-refractivity contribution in [2.45, 2.75) is 32.1 Å². The first kappa shape index (κ1) is 17.1. The summed E-state index contributed by atoms with van der Waals surface area (Å²) >= 11 is 0. The number of oxime groups is 1. The first-order valence-electron chi connectivity index (χ1n) is 6.25. The monoisotopic (exact) mass is 271 g/mol. The molecular weight excluding hydrogens is 250 g/mol. The third kappa shape index (κ3) is 12.3. The number of carbonyl (C=O) groups excluding carboxylic acids is 3. The van der Waals surface area contributed by atoms with Crippen molar-refractivity contribution in [1.82, 2.24) is 10.6 Å². The molecule has 0 radical (unpaired) electrons. The van der Waals surface area contributed by atoms with Crippen LogP contribution in [0.3, 0.4) is 0 Å². The first-order chi connectivity index (χ1) is 9.20. The minimum atomic E-state index is -0.165. The van der Waals surface area contributed by atoms with E-state index in [1.54, 1.807) is 0 Å². The second kappa shape index (κ2) is 12.5. The van der Waals surface area contributed by atoms with Gasteiger partial charge in [-0.15, -0.1) is 5.16 Å². The third-order valence-corrected chi connectivity index (χ3v) is 2.27. The van der Waals surface area contributed by atoms with Crippen LogP contribution in [0, 0.1) is 0 Å². The van der Waals surface area contributed by atoms with E-state index in [0.717, 1.165) is 0 Å². The lowest BCUT2D eigenvalue weighted by Gasteiger charge is -2.04. The molecule has 0 aliphatic carbocycles. The Hall–Kier alpha value is -1.92. The molecule has 19 heavy (non-hydrogen) atoms. The van der Waals surface area contributed by atoms with Crippen LogP contribution >= 0.6 is 0 Å². The molecule has 0 fully saturated rings. The summed E-state index contributed by atoms with van der Waals surface area (Å²) in [6.07, 6.45) is 3.31. The van der Waals surface area contributed by atoms with Crippen LogP contribution in [0.4, 0.5) is 0 Å². The van der Waals surface area contributed by atoms with Crippen LogP contribution in [0.5, 0.6) is 0 Å². The van der Waals surface area contributed by atoms with Gasteiger partial charge in [0.15, 0.2) is 0 Å². The quantitative estimate of drug-likeness (QED) is 0.226. The van der Waals surface area contributed by atoms with Crippen molar-refractivity contribution >= 4 is 24.8 Å². The summed E-state index contributed by atoms with van der Waals surface area (Å²) in [6.45, 7) is 4.17. The van der Waals surface area contributed by atoms with Crippen LogP contribution < -0.4 is 10.6 Å². The van der Waals surface area contributed by atoms with Crippen molar-refractivity contribution in [3.8, 4) is 0 Å². The van der Waals surface area contributed by atoms with Gasteiger partial charge in [-0.3, -0.25) is 9.59 Å². The predicted molar refractivity (Wildman–Crippen MR) is 70.7 cm³/mol. The van der Waals surface area contributed by atoms with E-state index in [1.165, 1.54) is 0 Å². The Balaban J connectivity index is 3.35. The highest BCUT2D eigenvalue weighted by atomic mass is 16.6. The van der Waals surface area contributed by atoms with Crippen molar-refractivity contribution < 1.29 is 19.2 Å². The third-order valence-electron chi connectivity index (χ3n) is 2.27. The Bertz CT molecular complexity index is 295. The number of nitrogens with one attached hydrogen (secondary N) is 2. The van der Waals surface area contributed by atoms with Crippen LogP contribution in [0.25, 0.3) is 0 Å². The van der Waals surface area contributed by atoms with Gasteiger partial charge in [0.05, 0.1) is 6.54 Å². The first-order valence-corrected chi connectivity index (χ1v) is 6.25. The Morgan fingerprint density at radius 1 is 1.11 bits per heavy atom. The molecular formula is C12H21N3O4. The second-order valence-corrected chi connectivity index (χ2v) is 3.84. The smallest absolute Gasteiger partial charge is 0.220 e. The van der Waals surface area contributed by atoms with E-state index in [2.05, 4.69) is 27.3 Å². The Labute approximate surface area is 112 Å². The number of carbonyl (C=O) groups is 3. The molecule has 0 aromatic rings. The maximum atomic E-state index is 11.4. The summed E-state index contributed by atoms with van der Waals surface area (Å²) in [5.41, 5.74) is 0. The zero-order valence-corrected chi connectivity index (χ0v) is 11.0. The van der Waals surface area contributed by atoms with E-state index >= 15 is 0 Å². The molecule has 0 spiro atoms. The number of nitrogens with zero attached hydrogens (tertiary/aromatic N) is 1. The highest BCUT2D eigenvalue weighted by Crippen LogP contribution is 1.99. The molecule has 7 heteroatoms. The molecule has 0 rings (SSSR count). The van der Waals surface area contributed by atoms with Crippen LogP contribution in [-0.2, 0) is 19.2 Å². The largest absolute Gasteiger partial charge is 0.396 e. The average Bonchev–Trinajstić information content (AvgIpc) is 2.41. The molecule has 108 valence electrons. The molecule has 0 atom stereocenters. The molecule has 0 aliphatic rings. The van der Waals surface area contributed by atoms with E-state index < -0.39 is 0 Å². The minimum Gasteiger partial charge on any atom is -0.396 e. The SMILES string of the molecule is C=NOCCCNC(=O)CCCCC(=O)NCC=O. The van der Waals surface area contributed by atoms with Crippen molar-refractivity contribution in [3.05, 3.63) is 0 Å². The molecule has 0 unspecified atom stereocenters.